The summed E-state index contributed by atoms with van der Waals surface area (Å²) in [6.45, 7) is 6.01. The Kier molecular flexibility index (Phi) is 5.73. The van der Waals surface area contributed by atoms with Crippen LogP contribution in [0.5, 0.6) is 5.75 Å². The van der Waals surface area contributed by atoms with Crippen LogP contribution in [0, 0.1) is 11.3 Å². The first-order chi connectivity index (χ1) is 15.5. The Hall–Kier alpha value is -2.72. The maximum atomic E-state index is 9.56. The smallest absolute Gasteiger partial charge is 0.137 e. The second kappa shape index (κ2) is 8.67. The number of fused-ring (bicyclic) bond motifs is 1. The Morgan fingerprint density at radius 3 is 2.88 bits per heavy atom. The Balaban J connectivity index is 1.44. The summed E-state index contributed by atoms with van der Waals surface area (Å²) >= 11 is 1.68. The molecule has 5 rings (SSSR count). The van der Waals surface area contributed by atoms with Crippen molar-refractivity contribution < 1.29 is 4.74 Å². The van der Waals surface area contributed by atoms with E-state index in [1.54, 1.807) is 11.3 Å². The van der Waals surface area contributed by atoms with E-state index >= 15 is 0 Å². The van der Waals surface area contributed by atoms with E-state index in [9.17, 15) is 5.26 Å². The summed E-state index contributed by atoms with van der Waals surface area (Å²) in [5, 5.41) is 10.5. The van der Waals surface area contributed by atoms with Crippen LogP contribution in [0.4, 0.5) is 0 Å². The molecule has 1 aliphatic heterocycles. The third kappa shape index (κ3) is 3.93. The number of aromatic nitrogens is 1. The summed E-state index contributed by atoms with van der Waals surface area (Å²) in [5.41, 5.74) is 11.9. The highest BCUT2D eigenvalue weighted by Gasteiger charge is 2.33. The largest absolute Gasteiger partial charge is 0.490 e. The molecule has 1 aromatic heterocycles. The average Bonchev–Trinajstić information content (AvgIpc) is 3.52. The van der Waals surface area contributed by atoms with Gasteiger partial charge in [0.1, 0.15) is 16.8 Å². The van der Waals surface area contributed by atoms with Crippen LogP contribution in [-0.2, 0) is 6.42 Å². The quantitative estimate of drug-likeness (QED) is 0.589. The molecule has 6 heteroatoms. The molecule has 1 fully saturated rings. The van der Waals surface area contributed by atoms with Gasteiger partial charge in [0.25, 0.3) is 0 Å². The Labute approximate surface area is 193 Å². The minimum absolute atomic E-state index is 0.0275. The van der Waals surface area contributed by atoms with Crippen molar-refractivity contribution in [2.24, 2.45) is 5.73 Å². The number of benzene rings is 2. The molecule has 1 saturated heterocycles. The van der Waals surface area contributed by atoms with Gasteiger partial charge in [-0.05, 0) is 68.0 Å². The highest BCUT2D eigenvalue weighted by atomic mass is 32.1. The molecule has 32 heavy (non-hydrogen) atoms. The molecule has 164 valence electrons. The van der Waals surface area contributed by atoms with Crippen LogP contribution in [-0.4, -0.2) is 35.1 Å². The zero-order chi connectivity index (χ0) is 22.2. The molecule has 0 amide bonds. The molecule has 0 saturated carbocycles. The molecule has 5 nitrogen and oxygen atoms in total. The second-order valence-electron chi connectivity index (χ2n) is 8.99. The van der Waals surface area contributed by atoms with E-state index in [1.807, 2.05) is 38.2 Å². The van der Waals surface area contributed by atoms with Crippen LogP contribution in [0.25, 0.3) is 21.0 Å². The minimum atomic E-state index is 0.0275. The Bertz CT molecular complexity index is 1180. The zero-order valence-corrected chi connectivity index (χ0v) is 19.4. The van der Waals surface area contributed by atoms with Crippen LogP contribution in [0.2, 0.25) is 0 Å². The number of nitrogens with two attached hydrogens (primary N) is 1. The average molecular weight is 445 g/mol. The van der Waals surface area contributed by atoms with E-state index in [1.165, 1.54) is 21.6 Å². The van der Waals surface area contributed by atoms with Crippen molar-refractivity contribution in [1.82, 2.24) is 9.88 Å². The molecule has 0 radical (unpaired) electrons. The predicted octanol–water partition coefficient (Wildman–Crippen LogP) is 5.16. The summed E-state index contributed by atoms with van der Waals surface area (Å²) < 4.78 is 5.76. The molecule has 2 aromatic carbocycles. The number of hydrogen-bond donors (Lipinski definition) is 1. The molecule has 3 aromatic rings. The molecular weight excluding hydrogens is 416 g/mol. The number of thiazole rings is 1. The number of likely N-dealkylation sites (tertiary alicyclic amines) is 1. The van der Waals surface area contributed by atoms with E-state index in [-0.39, 0.29) is 6.10 Å². The van der Waals surface area contributed by atoms with Crippen molar-refractivity contribution >= 4 is 11.3 Å². The Morgan fingerprint density at radius 2 is 2.12 bits per heavy atom. The van der Waals surface area contributed by atoms with Crippen molar-refractivity contribution in [1.29, 1.82) is 5.26 Å². The molecule has 1 aliphatic carbocycles. The van der Waals surface area contributed by atoms with Crippen LogP contribution in [0.1, 0.15) is 49.4 Å². The van der Waals surface area contributed by atoms with Crippen LogP contribution >= 0.6 is 11.3 Å². The van der Waals surface area contributed by atoms with Gasteiger partial charge in [0.15, 0.2) is 0 Å². The SMILES string of the molecule is CC(C)Oc1ccc(-c2ncc(-c3cccc4c3CCC4N3CCC(N)C3)s2)cc1C#N. The van der Waals surface area contributed by atoms with Gasteiger partial charge in [-0.3, -0.25) is 4.90 Å². The van der Waals surface area contributed by atoms with Crippen LogP contribution in [0.3, 0.4) is 0 Å². The minimum Gasteiger partial charge on any atom is -0.490 e. The normalized spacial score (nSPS) is 20.5. The lowest BCUT2D eigenvalue weighted by Crippen LogP contribution is -2.29. The van der Waals surface area contributed by atoms with Gasteiger partial charge in [-0.2, -0.15) is 5.26 Å². The van der Waals surface area contributed by atoms with E-state index in [0.717, 1.165) is 42.9 Å². The monoisotopic (exact) mass is 444 g/mol. The van der Waals surface area contributed by atoms with E-state index in [2.05, 4.69) is 29.2 Å². The topological polar surface area (TPSA) is 75.2 Å². The standard InChI is InChI=1S/C26H28N4OS/c1-16(2)31-24-9-6-17(12-18(24)13-27)26-29-14-25(32-26)22-5-3-4-21-20(22)7-8-23(21)30-11-10-19(28)15-30/h3-6,9,12,14,16,19,23H,7-8,10-11,15,28H2,1-2H3. The van der Waals surface area contributed by atoms with Crippen LogP contribution in [0.15, 0.2) is 42.6 Å². The highest BCUT2D eigenvalue weighted by Crippen LogP contribution is 2.43. The zero-order valence-electron chi connectivity index (χ0n) is 18.5. The van der Waals surface area contributed by atoms with Gasteiger partial charge in [0, 0.05) is 36.9 Å². The van der Waals surface area contributed by atoms with Crippen molar-refractivity contribution in [3.63, 3.8) is 0 Å². The van der Waals surface area contributed by atoms with E-state index in [4.69, 9.17) is 15.5 Å². The number of nitriles is 1. The lowest BCUT2D eigenvalue weighted by Gasteiger charge is -2.24. The maximum absolute atomic E-state index is 9.56. The summed E-state index contributed by atoms with van der Waals surface area (Å²) in [5.74, 6) is 0.622. The molecule has 0 spiro atoms. The van der Waals surface area contributed by atoms with Crippen molar-refractivity contribution in [2.45, 2.75) is 51.3 Å². The molecular formula is C26H28N4OS. The molecule has 2 aliphatic rings. The first-order valence-electron chi connectivity index (χ1n) is 11.3. The maximum Gasteiger partial charge on any atom is 0.137 e. The van der Waals surface area contributed by atoms with Gasteiger partial charge in [0.2, 0.25) is 0 Å². The number of nitrogens with zero attached hydrogens (tertiary/aromatic N) is 3. The van der Waals surface area contributed by atoms with Crippen molar-refractivity contribution in [3.05, 3.63) is 59.3 Å². The molecule has 2 N–H and O–H groups in total. The summed E-state index contributed by atoms with van der Waals surface area (Å²) in [6, 6.07) is 15.5. The van der Waals surface area contributed by atoms with Gasteiger partial charge in [-0.15, -0.1) is 11.3 Å². The third-order valence-electron chi connectivity index (χ3n) is 6.42. The summed E-state index contributed by atoms with van der Waals surface area (Å²) in [7, 11) is 0. The fraction of sp³-hybridized carbons (Fsp3) is 0.385. The fourth-order valence-electron chi connectivity index (χ4n) is 4.98. The predicted molar refractivity (Wildman–Crippen MR) is 129 cm³/mol. The molecule has 2 unspecified atom stereocenters. The first kappa shape index (κ1) is 21.1. The van der Waals surface area contributed by atoms with Gasteiger partial charge in [-0.1, -0.05) is 18.2 Å². The van der Waals surface area contributed by atoms with E-state index in [0.29, 0.717) is 23.4 Å². The summed E-state index contributed by atoms with van der Waals surface area (Å²) in [4.78, 5) is 8.44. The highest BCUT2D eigenvalue weighted by molar-refractivity contribution is 7.18. The number of rotatable bonds is 5. The third-order valence-corrected chi connectivity index (χ3v) is 7.50. The van der Waals surface area contributed by atoms with Crippen molar-refractivity contribution in [2.75, 3.05) is 13.1 Å². The first-order valence-corrected chi connectivity index (χ1v) is 12.1. The molecule has 0 bridgehead atoms. The number of ether oxygens (including phenoxy) is 1. The Morgan fingerprint density at radius 1 is 1.25 bits per heavy atom. The second-order valence-corrected chi connectivity index (χ2v) is 10.0. The molecule has 2 heterocycles. The molecule has 2 atom stereocenters. The van der Waals surface area contributed by atoms with Crippen LogP contribution < -0.4 is 10.5 Å². The van der Waals surface area contributed by atoms with Gasteiger partial charge in [0.05, 0.1) is 16.5 Å². The van der Waals surface area contributed by atoms with Crippen molar-refractivity contribution in [3.8, 4) is 32.8 Å². The number of hydrogen-bond acceptors (Lipinski definition) is 6. The van der Waals surface area contributed by atoms with Gasteiger partial charge >= 0.3 is 0 Å². The summed E-state index contributed by atoms with van der Waals surface area (Å²) in [6.07, 6.45) is 5.34. The fourth-order valence-corrected chi connectivity index (χ4v) is 5.95. The van der Waals surface area contributed by atoms with Gasteiger partial charge in [-0.25, -0.2) is 4.98 Å². The lowest BCUT2D eigenvalue weighted by molar-refractivity contribution is 0.242. The van der Waals surface area contributed by atoms with Gasteiger partial charge < -0.3 is 10.5 Å². The van der Waals surface area contributed by atoms with E-state index < -0.39 is 0 Å². The lowest BCUT2D eigenvalue weighted by atomic mass is 10.0.